The van der Waals surface area contributed by atoms with Crippen LogP contribution in [0.2, 0.25) is 0 Å². The summed E-state index contributed by atoms with van der Waals surface area (Å²) in [4.78, 5) is 24.9. The molecule has 0 bridgehead atoms. The first kappa shape index (κ1) is 21.1. The topological polar surface area (TPSA) is 115 Å². The van der Waals surface area contributed by atoms with Crippen molar-refractivity contribution in [3.63, 3.8) is 0 Å². The lowest BCUT2D eigenvalue weighted by atomic mass is 10.1. The van der Waals surface area contributed by atoms with E-state index in [1.54, 1.807) is 24.4 Å². The van der Waals surface area contributed by atoms with Crippen molar-refractivity contribution >= 4 is 16.8 Å². The summed E-state index contributed by atoms with van der Waals surface area (Å²) in [5.74, 6) is 1.53. The standard InChI is InChI=1S/C25H23N7O3/c1-15-5-8-21(32-27-9-10-28-32)18(12-15)25(33)31-11-3-4-22(31)24-29-23(30-35-24)19-14-26-20-7-6-16(34-2)13-17(19)20/h5-10,12-14,22,26H,3-4,11H2,1-2H3. The minimum atomic E-state index is -0.303. The molecule has 2 aromatic carbocycles. The molecule has 1 unspecified atom stereocenters. The molecule has 4 heterocycles. The number of aromatic amines is 1. The van der Waals surface area contributed by atoms with Crippen molar-refractivity contribution in [2.75, 3.05) is 13.7 Å². The number of methoxy groups -OCH3 is 1. The average Bonchev–Trinajstić information content (AvgIpc) is 3.68. The Morgan fingerprint density at radius 3 is 2.86 bits per heavy atom. The lowest BCUT2D eigenvalue weighted by molar-refractivity contribution is 0.0709. The normalized spacial score (nSPS) is 15.7. The van der Waals surface area contributed by atoms with Crippen molar-refractivity contribution in [1.82, 2.24) is 35.0 Å². The predicted molar refractivity (Wildman–Crippen MR) is 127 cm³/mol. The Morgan fingerprint density at radius 2 is 2.03 bits per heavy atom. The predicted octanol–water partition coefficient (Wildman–Crippen LogP) is 4.09. The van der Waals surface area contributed by atoms with Gasteiger partial charge in [-0.2, -0.15) is 20.0 Å². The monoisotopic (exact) mass is 469 g/mol. The molecule has 0 spiro atoms. The van der Waals surface area contributed by atoms with Gasteiger partial charge >= 0.3 is 0 Å². The molecule has 6 rings (SSSR count). The first-order chi connectivity index (χ1) is 17.1. The molecular formula is C25H23N7O3. The van der Waals surface area contributed by atoms with Crippen LogP contribution in [0.15, 0.2) is 59.5 Å². The number of aryl methyl sites for hydroxylation is 1. The molecule has 176 valence electrons. The second kappa shape index (κ2) is 8.39. The Kier molecular flexibility index (Phi) is 5.05. The summed E-state index contributed by atoms with van der Waals surface area (Å²) in [6.45, 7) is 2.56. The van der Waals surface area contributed by atoms with E-state index in [2.05, 4.69) is 20.3 Å². The summed E-state index contributed by atoms with van der Waals surface area (Å²) in [5.41, 5.74) is 3.92. The highest BCUT2D eigenvalue weighted by molar-refractivity contribution is 5.98. The fourth-order valence-corrected chi connectivity index (χ4v) is 4.65. The highest BCUT2D eigenvalue weighted by atomic mass is 16.5. The number of carbonyl (C=O) groups is 1. The van der Waals surface area contributed by atoms with Crippen LogP contribution < -0.4 is 4.74 Å². The molecule has 10 heteroatoms. The number of likely N-dealkylation sites (tertiary alicyclic amines) is 1. The molecule has 0 aliphatic carbocycles. The smallest absolute Gasteiger partial charge is 0.256 e. The van der Waals surface area contributed by atoms with Crippen LogP contribution in [0.4, 0.5) is 0 Å². The van der Waals surface area contributed by atoms with E-state index >= 15 is 0 Å². The van der Waals surface area contributed by atoms with Crippen molar-refractivity contribution < 1.29 is 14.1 Å². The van der Waals surface area contributed by atoms with Gasteiger partial charge in [-0.25, -0.2) is 0 Å². The molecule has 1 atom stereocenters. The lowest BCUT2D eigenvalue weighted by Crippen LogP contribution is -2.31. The number of aromatic nitrogens is 6. The SMILES string of the molecule is COc1ccc2[nH]cc(-c3noc(C4CCCN4C(=O)c4cc(C)ccc4-n4nccn4)n3)c2c1. The van der Waals surface area contributed by atoms with Crippen LogP contribution in [0.3, 0.4) is 0 Å². The molecule has 1 fully saturated rings. The first-order valence-electron chi connectivity index (χ1n) is 11.4. The summed E-state index contributed by atoms with van der Waals surface area (Å²) in [7, 11) is 1.63. The zero-order chi connectivity index (χ0) is 23.9. The fraction of sp³-hybridized carbons (Fsp3) is 0.240. The van der Waals surface area contributed by atoms with Gasteiger partial charge in [0.25, 0.3) is 5.91 Å². The number of H-pyrrole nitrogens is 1. The van der Waals surface area contributed by atoms with Gasteiger partial charge in [-0.1, -0.05) is 16.8 Å². The Hall–Kier alpha value is -4.47. The van der Waals surface area contributed by atoms with Gasteiger partial charge in [0, 0.05) is 29.2 Å². The zero-order valence-corrected chi connectivity index (χ0v) is 19.3. The second-order valence-electron chi connectivity index (χ2n) is 8.57. The van der Waals surface area contributed by atoms with E-state index in [4.69, 9.17) is 14.2 Å². The van der Waals surface area contributed by atoms with Crippen LogP contribution in [-0.2, 0) is 0 Å². The van der Waals surface area contributed by atoms with E-state index in [-0.39, 0.29) is 11.9 Å². The Bertz CT molecular complexity index is 1520. The second-order valence-corrected chi connectivity index (χ2v) is 8.57. The van der Waals surface area contributed by atoms with Crippen molar-refractivity contribution in [1.29, 1.82) is 0 Å². The van der Waals surface area contributed by atoms with Gasteiger partial charge in [-0.05, 0) is 50.1 Å². The van der Waals surface area contributed by atoms with Crippen LogP contribution in [0, 0.1) is 6.92 Å². The van der Waals surface area contributed by atoms with Crippen LogP contribution in [-0.4, -0.2) is 54.6 Å². The molecule has 0 saturated carbocycles. The van der Waals surface area contributed by atoms with Crippen LogP contribution in [0.5, 0.6) is 5.75 Å². The molecule has 3 aromatic heterocycles. The van der Waals surface area contributed by atoms with Gasteiger partial charge in [-0.3, -0.25) is 4.79 Å². The van der Waals surface area contributed by atoms with Gasteiger partial charge in [-0.15, -0.1) is 0 Å². The van der Waals surface area contributed by atoms with E-state index in [0.29, 0.717) is 29.5 Å². The minimum absolute atomic E-state index is 0.111. The fourth-order valence-electron chi connectivity index (χ4n) is 4.65. The Morgan fingerprint density at radius 1 is 1.17 bits per heavy atom. The molecular weight excluding hydrogens is 446 g/mol. The molecule has 1 aliphatic heterocycles. The van der Waals surface area contributed by atoms with Gasteiger partial charge < -0.3 is 19.1 Å². The third-order valence-corrected chi connectivity index (χ3v) is 6.39. The van der Waals surface area contributed by atoms with Crippen LogP contribution >= 0.6 is 0 Å². The first-order valence-corrected chi connectivity index (χ1v) is 11.4. The maximum atomic E-state index is 13.7. The number of nitrogens with zero attached hydrogens (tertiary/aromatic N) is 6. The number of fused-ring (bicyclic) bond motifs is 1. The quantitative estimate of drug-likeness (QED) is 0.412. The van der Waals surface area contributed by atoms with Crippen LogP contribution in [0.1, 0.15) is 40.7 Å². The van der Waals surface area contributed by atoms with Crippen molar-refractivity contribution in [2.24, 2.45) is 0 Å². The summed E-state index contributed by atoms with van der Waals surface area (Å²) >= 11 is 0. The number of hydrogen-bond acceptors (Lipinski definition) is 7. The average molecular weight is 470 g/mol. The summed E-state index contributed by atoms with van der Waals surface area (Å²) in [6, 6.07) is 11.2. The number of benzene rings is 2. The van der Waals surface area contributed by atoms with Crippen molar-refractivity contribution in [3.8, 4) is 22.8 Å². The van der Waals surface area contributed by atoms with Gasteiger partial charge in [0.1, 0.15) is 11.8 Å². The third-order valence-electron chi connectivity index (χ3n) is 6.39. The largest absolute Gasteiger partial charge is 0.497 e. The number of ether oxygens (including phenoxy) is 1. The van der Waals surface area contributed by atoms with E-state index in [9.17, 15) is 4.79 Å². The van der Waals surface area contributed by atoms with E-state index < -0.39 is 0 Å². The molecule has 0 radical (unpaired) electrons. The molecule has 1 amide bonds. The number of rotatable bonds is 5. The molecule has 10 nitrogen and oxygen atoms in total. The summed E-state index contributed by atoms with van der Waals surface area (Å²) < 4.78 is 11.1. The number of nitrogens with one attached hydrogen (secondary N) is 1. The highest BCUT2D eigenvalue weighted by Gasteiger charge is 2.36. The molecule has 35 heavy (non-hydrogen) atoms. The highest BCUT2D eigenvalue weighted by Crippen LogP contribution is 2.35. The van der Waals surface area contributed by atoms with Gasteiger partial charge in [0.2, 0.25) is 11.7 Å². The number of carbonyl (C=O) groups excluding carboxylic acids is 1. The Balaban J connectivity index is 1.33. The van der Waals surface area contributed by atoms with Gasteiger partial charge in [0.05, 0.1) is 30.8 Å². The van der Waals surface area contributed by atoms with E-state index in [0.717, 1.165) is 40.6 Å². The van der Waals surface area contributed by atoms with E-state index in [1.165, 1.54) is 4.80 Å². The zero-order valence-electron chi connectivity index (χ0n) is 19.3. The number of amides is 1. The van der Waals surface area contributed by atoms with Crippen molar-refractivity contribution in [2.45, 2.75) is 25.8 Å². The lowest BCUT2D eigenvalue weighted by Gasteiger charge is -2.23. The molecule has 1 saturated heterocycles. The molecule has 1 aliphatic rings. The maximum absolute atomic E-state index is 13.7. The maximum Gasteiger partial charge on any atom is 0.256 e. The minimum Gasteiger partial charge on any atom is -0.497 e. The van der Waals surface area contributed by atoms with Gasteiger partial charge in [0.15, 0.2) is 0 Å². The van der Waals surface area contributed by atoms with E-state index in [1.807, 2.05) is 49.5 Å². The van der Waals surface area contributed by atoms with Crippen LogP contribution in [0.25, 0.3) is 28.0 Å². The third kappa shape index (κ3) is 3.63. The Labute approximate surface area is 200 Å². The summed E-state index contributed by atoms with van der Waals surface area (Å²) in [6.07, 6.45) is 6.63. The molecule has 5 aromatic rings. The van der Waals surface area contributed by atoms with Crippen molar-refractivity contribution in [3.05, 3.63) is 72.0 Å². The molecule has 1 N–H and O–H groups in total. The summed E-state index contributed by atoms with van der Waals surface area (Å²) in [5, 5.41) is 13.6. The number of hydrogen-bond donors (Lipinski definition) is 1.